The Morgan fingerprint density at radius 1 is 1.31 bits per heavy atom. The highest BCUT2D eigenvalue weighted by atomic mass is 35.5. The Kier molecular flexibility index (Phi) is 8.04. The number of halogens is 1. The fourth-order valence-electron chi connectivity index (χ4n) is 2.82. The molecule has 0 saturated carbocycles. The van der Waals surface area contributed by atoms with Crippen molar-refractivity contribution in [2.24, 2.45) is 0 Å². The fraction of sp³-hybridized carbons (Fsp3) is 0.579. The van der Waals surface area contributed by atoms with Gasteiger partial charge in [0.15, 0.2) is 11.5 Å². The molecule has 0 aromatic heterocycles. The van der Waals surface area contributed by atoms with E-state index in [2.05, 4.69) is 5.32 Å². The van der Waals surface area contributed by atoms with Crippen LogP contribution in [0.2, 0.25) is 5.02 Å². The average molecular weight is 383 g/mol. The van der Waals surface area contributed by atoms with Gasteiger partial charge in [-0.15, -0.1) is 0 Å². The molecule has 0 bridgehead atoms. The number of carbonyl (C=O) groups is 2. The molecule has 1 fully saturated rings. The van der Waals surface area contributed by atoms with Crippen molar-refractivity contribution in [3.8, 4) is 11.5 Å². The first-order valence-electron chi connectivity index (χ1n) is 9.21. The van der Waals surface area contributed by atoms with Crippen molar-refractivity contribution in [1.82, 2.24) is 10.2 Å². The van der Waals surface area contributed by atoms with Crippen LogP contribution in [0, 0.1) is 0 Å². The normalized spacial score (nSPS) is 13.8. The zero-order valence-electron chi connectivity index (χ0n) is 15.5. The third kappa shape index (κ3) is 5.53. The highest BCUT2D eigenvalue weighted by Crippen LogP contribution is 2.36. The summed E-state index contributed by atoms with van der Waals surface area (Å²) >= 11 is 6.28. The van der Waals surface area contributed by atoms with E-state index in [1.54, 1.807) is 12.1 Å². The molecule has 6 nitrogen and oxygen atoms in total. The minimum Gasteiger partial charge on any atom is -0.490 e. The molecule has 2 rings (SSSR count). The van der Waals surface area contributed by atoms with Crippen LogP contribution < -0.4 is 14.8 Å². The number of nitrogens with one attached hydrogen (secondary N) is 1. The van der Waals surface area contributed by atoms with Gasteiger partial charge in [-0.3, -0.25) is 9.59 Å². The summed E-state index contributed by atoms with van der Waals surface area (Å²) in [6.07, 6.45) is 3.14. The number of likely N-dealkylation sites (tertiary alicyclic amines) is 1. The van der Waals surface area contributed by atoms with Crippen LogP contribution in [0.1, 0.15) is 49.9 Å². The lowest BCUT2D eigenvalue weighted by Crippen LogP contribution is -2.30. The molecule has 26 heavy (non-hydrogen) atoms. The second kappa shape index (κ2) is 10.3. The molecule has 0 radical (unpaired) electrons. The fourth-order valence-corrected chi connectivity index (χ4v) is 3.09. The van der Waals surface area contributed by atoms with E-state index in [0.29, 0.717) is 54.8 Å². The van der Waals surface area contributed by atoms with E-state index in [9.17, 15) is 9.59 Å². The zero-order valence-corrected chi connectivity index (χ0v) is 16.2. The van der Waals surface area contributed by atoms with Crippen molar-refractivity contribution in [3.63, 3.8) is 0 Å². The van der Waals surface area contributed by atoms with E-state index in [1.807, 2.05) is 18.7 Å². The molecule has 7 heteroatoms. The number of rotatable bonds is 10. The summed E-state index contributed by atoms with van der Waals surface area (Å²) in [5, 5.41) is 3.22. The molecule has 144 valence electrons. The molecule has 0 spiro atoms. The lowest BCUT2D eigenvalue weighted by molar-refractivity contribution is -0.127. The van der Waals surface area contributed by atoms with Gasteiger partial charge in [-0.1, -0.05) is 18.5 Å². The van der Waals surface area contributed by atoms with E-state index in [4.69, 9.17) is 21.1 Å². The molecule has 2 amide bonds. The van der Waals surface area contributed by atoms with Gasteiger partial charge in [0.05, 0.1) is 18.2 Å². The largest absolute Gasteiger partial charge is 0.490 e. The molecular weight excluding hydrogens is 356 g/mol. The van der Waals surface area contributed by atoms with Crippen LogP contribution >= 0.6 is 11.6 Å². The summed E-state index contributed by atoms with van der Waals surface area (Å²) in [6, 6.07) is 3.24. The van der Waals surface area contributed by atoms with Crippen LogP contribution in [0.5, 0.6) is 11.5 Å². The molecule has 1 aromatic rings. The molecule has 0 unspecified atom stereocenters. The number of carbonyl (C=O) groups excluding carboxylic acids is 2. The Bertz CT molecular complexity index is 636. The van der Waals surface area contributed by atoms with Crippen LogP contribution in [0.3, 0.4) is 0 Å². The van der Waals surface area contributed by atoms with Gasteiger partial charge in [-0.2, -0.15) is 0 Å². The summed E-state index contributed by atoms with van der Waals surface area (Å²) in [7, 11) is 0. The number of ether oxygens (including phenoxy) is 2. The van der Waals surface area contributed by atoms with Gasteiger partial charge >= 0.3 is 0 Å². The first-order chi connectivity index (χ1) is 12.6. The van der Waals surface area contributed by atoms with E-state index in [-0.39, 0.29) is 11.8 Å². The Balaban J connectivity index is 1.93. The molecule has 1 heterocycles. The maximum absolute atomic E-state index is 12.4. The molecule has 1 N–H and O–H groups in total. The maximum atomic E-state index is 12.4. The molecular formula is C19H27ClN2O4. The first kappa shape index (κ1) is 20.4. The van der Waals surface area contributed by atoms with Crippen molar-refractivity contribution in [3.05, 3.63) is 22.7 Å². The minimum absolute atomic E-state index is 0.201. The summed E-state index contributed by atoms with van der Waals surface area (Å²) < 4.78 is 11.2. The second-order valence-electron chi connectivity index (χ2n) is 6.16. The standard InChI is InChI=1S/C19H27ClN2O4/c1-3-11-26-18-15(20)12-14(13-16(18)25-4-2)19(24)21-8-6-10-22-9-5-7-17(22)23/h12-13H,3-11H2,1-2H3,(H,21,24). The summed E-state index contributed by atoms with van der Waals surface area (Å²) in [5.74, 6) is 0.926. The van der Waals surface area contributed by atoms with Crippen molar-refractivity contribution < 1.29 is 19.1 Å². The zero-order chi connectivity index (χ0) is 18.9. The van der Waals surface area contributed by atoms with Gasteiger partial charge in [0.2, 0.25) is 5.91 Å². The molecule has 1 aromatic carbocycles. The Morgan fingerprint density at radius 2 is 2.12 bits per heavy atom. The molecule has 0 atom stereocenters. The Morgan fingerprint density at radius 3 is 2.77 bits per heavy atom. The SMILES string of the molecule is CCCOc1c(Cl)cc(C(=O)NCCCN2CCCC2=O)cc1OCC. The van der Waals surface area contributed by atoms with Gasteiger partial charge in [0, 0.05) is 31.6 Å². The number of benzene rings is 1. The number of hydrogen-bond acceptors (Lipinski definition) is 4. The van der Waals surface area contributed by atoms with Gasteiger partial charge in [-0.25, -0.2) is 0 Å². The van der Waals surface area contributed by atoms with E-state index < -0.39 is 0 Å². The lowest BCUT2D eigenvalue weighted by Gasteiger charge is -2.16. The van der Waals surface area contributed by atoms with Crippen LogP contribution in [-0.4, -0.2) is 49.6 Å². The smallest absolute Gasteiger partial charge is 0.251 e. The topological polar surface area (TPSA) is 67.9 Å². The molecule has 1 saturated heterocycles. The van der Waals surface area contributed by atoms with Crippen molar-refractivity contribution in [2.45, 2.75) is 39.5 Å². The maximum Gasteiger partial charge on any atom is 0.251 e. The summed E-state index contributed by atoms with van der Waals surface area (Å²) in [5.41, 5.74) is 0.430. The van der Waals surface area contributed by atoms with Crippen LogP contribution in [0.25, 0.3) is 0 Å². The predicted octanol–water partition coefficient (Wildman–Crippen LogP) is 3.27. The summed E-state index contributed by atoms with van der Waals surface area (Å²) in [4.78, 5) is 25.8. The van der Waals surface area contributed by atoms with Gasteiger partial charge in [0.1, 0.15) is 0 Å². The quantitative estimate of drug-likeness (QED) is 0.630. The Hall–Kier alpha value is -1.95. The lowest BCUT2D eigenvalue weighted by atomic mass is 10.2. The van der Waals surface area contributed by atoms with Gasteiger partial charge < -0.3 is 19.7 Å². The van der Waals surface area contributed by atoms with Crippen LogP contribution in [-0.2, 0) is 4.79 Å². The van der Waals surface area contributed by atoms with Crippen molar-refractivity contribution in [2.75, 3.05) is 32.8 Å². The van der Waals surface area contributed by atoms with E-state index in [1.165, 1.54) is 0 Å². The number of hydrogen-bond donors (Lipinski definition) is 1. The van der Waals surface area contributed by atoms with Crippen molar-refractivity contribution >= 4 is 23.4 Å². The van der Waals surface area contributed by atoms with Gasteiger partial charge in [0.25, 0.3) is 5.91 Å². The predicted molar refractivity (Wildman–Crippen MR) is 101 cm³/mol. The first-order valence-corrected chi connectivity index (χ1v) is 9.59. The molecule has 1 aliphatic heterocycles. The average Bonchev–Trinajstić information content (AvgIpc) is 3.03. The minimum atomic E-state index is -0.220. The van der Waals surface area contributed by atoms with E-state index >= 15 is 0 Å². The second-order valence-corrected chi connectivity index (χ2v) is 6.57. The number of amides is 2. The Labute approximate surface area is 159 Å². The number of nitrogens with zero attached hydrogens (tertiary/aromatic N) is 1. The molecule has 1 aliphatic rings. The van der Waals surface area contributed by atoms with Gasteiger partial charge in [-0.05, 0) is 38.3 Å². The van der Waals surface area contributed by atoms with Crippen LogP contribution in [0.4, 0.5) is 0 Å². The highest BCUT2D eigenvalue weighted by Gasteiger charge is 2.19. The summed E-state index contributed by atoms with van der Waals surface area (Å²) in [6.45, 7) is 6.84. The third-order valence-corrected chi connectivity index (χ3v) is 4.36. The third-order valence-electron chi connectivity index (χ3n) is 4.08. The van der Waals surface area contributed by atoms with E-state index in [0.717, 1.165) is 25.8 Å². The highest BCUT2D eigenvalue weighted by molar-refractivity contribution is 6.32. The monoisotopic (exact) mass is 382 g/mol. The van der Waals surface area contributed by atoms with Crippen LogP contribution in [0.15, 0.2) is 12.1 Å². The molecule has 0 aliphatic carbocycles. The van der Waals surface area contributed by atoms with Crippen molar-refractivity contribution in [1.29, 1.82) is 0 Å².